The molecule has 9 heteroatoms. The highest BCUT2D eigenvalue weighted by atomic mass is 16.7. The minimum Gasteiger partial charge on any atom is -0.504 e. The molecule has 0 unspecified atom stereocenters. The molecule has 0 spiro atoms. The second-order valence-electron chi connectivity index (χ2n) is 9.59. The fraction of sp³-hybridized carbons (Fsp3) is 0.345. The Kier molecular flexibility index (Phi) is 6.48. The van der Waals surface area contributed by atoms with Crippen LogP contribution in [0.4, 0.5) is 0 Å². The van der Waals surface area contributed by atoms with Crippen LogP contribution in [0.15, 0.2) is 42.5 Å². The van der Waals surface area contributed by atoms with Gasteiger partial charge in [-0.15, -0.1) is 0 Å². The van der Waals surface area contributed by atoms with Gasteiger partial charge in [0, 0.05) is 16.7 Å². The summed E-state index contributed by atoms with van der Waals surface area (Å²) < 4.78 is 34.3. The third-order valence-corrected chi connectivity index (χ3v) is 7.40. The van der Waals surface area contributed by atoms with Crippen molar-refractivity contribution in [3.8, 4) is 45.6 Å². The van der Waals surface area contributed by atoms with E-state index in [0.717, 1.165) is 0 Å². The van der Waals surface area contributed by atoms with Crippen molar-refractivity contribution in [2.45, 2.75) is 32.0 Å². The third kappa shape index (κ3) is 3.94. The average molecular weight is 523 g/mol. The normalized spacial score (nSPS) is 21.4. The minimum absolute atomic E-state index is 0.0354. The molecular weight excluding hydrogens is 492 g/mol. The summed E-state index contributed by atoms with van der Waals surface area (Å²) >= 11 is 0. The maximum Gasteiger partial charge on any atom is 0.338 e. The number of phenols is 1. The quantitative estimate of drug-likeness (QED) is 0.462. The Morgan fingerprint density at radius 3 is 2.37 bits per heavy atom. The highest BCUT2D eigenvalue weighted by Gasteiger charge is 2.47. The van der Waals surface area contributed by atoms with Crippen LogP contribution >= 0.6 is 0 Å². The maximum absolute atomic E-state index is 13.3. The van der Waals surface area contributed by atoms with Crippen molar-refractivity contribution in [1.82, 2.24) is 0 Å². The molecule has 1 heterocycles. The Balaban J connectivity index is 1.85. The molecule has 0 saturated heterocycles. The molecular formula is C29H30O9. The van der Waals surface area contributed by atoms with Crippen LogP contribution in [0, 0.1) is 5.92 Å². The number of esters is 1. The van der Waals surface area contributed by atoms with Crippen molar-refractivity contribution in [2.75, 3.05) is 28.1 Å². The van der Waals surface area contributed by atoms with Gasteiger partial charge in [-0.3, -0.25) is 0 Å². The van der Waals surface area contributed by atoms with Crippen LogP contribution < -0.4 is 23.7 Å². The zero-order valence-corrected chi connectivity index (χ0v) is 21.9. The van der Waals surface area contributed by atoms with E-state index in [1.807, 2.05) is 6.92 Å². The van der Waals surface area contributed by atoms with Gasteiger partial charge in [0.05, 0.1) is 26.9 Å². The Labute approximate surface area is 220 Å². The van der Waals surface area contributed by atoms with Crippen molar-refractivity contribution < 1.29 is 43.4 Å². The molecule has 0 radical (unpaired) electrons. The van der Waals surface area contributed by atoms with Crippen LogP contribution in [-0.4, -0.2) is 49.9 Å². The summed E-state index contributed by atoms with van der Waals surface area (Å²) in [4.78, 5) is 13.3. The summed E-state index contributed by atoms with van der Waals surface area (Å²) in [6.45, 7) is 3.45. The van der Waals surface area contributed by atoms with Crippen LogP contribution in [0.3, 0.4) is 0 Å². The highest BCUT2D eigenvalue weighted by molar-refractivity contribution is 5.91. The molecule has 1 aliphatic heterocycles. The molecule has 200 valence electrons. The lowest BCUT2D eigenvalue weighted by Gasteiger charge is -2.41. The van der Waals surface area contributed by atoms with Gasteiger partial charge in [0.25, 0.3) is 0 Å². The van der Waals surface area contributed by atoms with E-state index in [-0.39, 0.29) is 29.8 Å². The molecule has 2 N–H and O–H groups in total. The topological polar surface area (TPSA) is 113 Å². The standard InChI is InChI=1S/C29H30O9/c1-15-11-17-12-20-24(37-14-36-20)23(30)21(17)22-18(13-19(33-3)25(34-4)26(22)35-5)27(29(15,2)32)38-28(31)16-9-7-6-8-10-16/h6-10,12-13,15,27,30,32H,11,14H2,1-5H3/t15-,27-,29-/m0/s1. The summed E-state index contributed by atoms with van der Waals surface area (Å²) in [7, 11) is 4.41. The Morgan fingerprint density at radius 2 is 1.71 bits per heavy atom. The van der Waals surface area contributed by atoms with E-state index < -0.39 is 23.6 Å². The average Bonchev–Trinajstić information content (AvgIpc) is 3.39. The van der Waals surface area contributed by atoms with Crippen molar-refractivity contribution in [1.29, 1.82) is 0 Å². The first-order valence-electron chi connectivity index (χ1n) is 12.2. The van der Waals surface area contributed by atoms with Crippen molar-refractivity contribution in [2.24, 2.45) is 5.92 Å². The van der Waals surface area contributed by atoms with E-state index >= 15 is 0 Å². The largest absolute Gasteiger partial charge is 0.504 e. The predicted molar refractivity (Wildman–Crippen MR) is 137 cm³/mol. The number of rotatable bonds is 5. The SMILES string of the molecule is COc1cc2c(c(OC)c1OC)-c1c(cc3c(c1O)OCO3)C[C@H](C)[C@](C)(O)[C@H]2OC(=O)c1ccccc1. The number of carbonyl (C=O) groups excluding carboxylic acids is 1. The summed E-state index contributed by atoms with van der Waals surface area (Å²) in [6, 6.07) is 12.0. The number of aliphatic hydroxyl groups is 1. The lowest BCUT2D eigenvalue weighted by atomic mass is 9.73. The fourth-order valence-electron chi connectivity index (χ4n) is 5.20. The second-order valence-corrected chi connectivity index (χ2v) is 9.59. The van der Waals surface area contributed by atoms with Gasteiger partial charge >= 0.3 is 5.97 Å². The van der Waals surface area contributed by atoms with Crippen molar-refractivity contribution in [3.63, 3.8) is 0 Å². The predicted octanol–water partition coefficient (Wildman–Crippen LogP) is 4.66. The van der Waals surface area contributed by atoms with E-state index in [2.05, 4.69) is 0 Å². The lowest BCUT2D eigenvalue weighted by Crippen LogP contribution is -2.43. The van der Waals surface area contributed by atoms with E-state index in [0.29, 0.717) is 45.7 Å². The molecule has 0 fully saturated rings. The first kappa shape index (κ1) is 25.5. The molecule has 0 saturated carbocycles. The number of methoxy groups -OCH3 is 3. The molecule has 3 aromatic carbocycles. The number of hydrogen-bond donors (Lipinski definition) is 2. The molecule has 0 aromatic heterocycles. The summed E-state index contributed by atoms with van der Waals surface area (Å²) in [5, 5.41) is 23.5. The summed E-state index contributed by atoms with van der Waals surface area (Å²) in [5.74, 6) is 0.228. The lowest BCUT2D eigenvalue weighted by molar-refractivity contribution is -0.107. The van der Waals surface area contributed by atoms with Crippen LogP contribution in [0.1, 0.15) is 41.4 Å². The van der Waals surface area contributed by atoms with Crippen molar-refractivity contribution in [3.05, 3.63) is 59.2 Å². The number of fused-ring (bicyclic) bond motifs is 4. The number of benzene rings is 3. The van der Waals surface area contributed by atoms with Crippen LogP contribution in [-0.2, 0) is 11.2 Å². The van der Waals surface area contributed by atoms with Gasteiger partial charge in [-0.25, -0.2) is 4.79 Å². The smallest absolute Gasteiger partial charge is 0.338 e. The molecule has 5 rings (SSSR count). The number of phenolic OH excluding ortho intramolecular Hbond substituents is 1. The second kappa shape index (κ2) is 9.64. The van der Waals surface area contributed by atoms with Gasteiger partial charge in [-0.05, 0) is 49.1 Å². The van der Waals surface area contributed by atoms with Crippen LogP contribution in [0.5, 0.6) is 34.5 Å². The first-order chi connectivity index (χ1) is 18.2. The fourth-order valence-corrected chi connectivity index (χ4v) is 5.20. The number of hydrogen-bond acceptors (Lipinski definition) is 9. The van der Waals surface area contributed by atoms with E-state index in [1.165, 1.54) is 21.3 Å². The number of aromatic hydroxyl groups is 1. The van der Waals surface area contributed by atoms with Gasteiger partial charge in [-0.1, -0.05) is 25.1 Å². The van der Waals surface area contributed by atoms with Crippen LogP contribution in [0.25, 0.3) is 11.1 Å². The summed E-state index contributed by atoms with van der Waals surface area (Å²) in [6.07, 6.45) is -0.852. The van der Waals surface area contributed by atoms with E-state index in [1.54, 1.807) is 49.4 Å². The Bertz CT molecular complexity index is 1380. The first-order valence-corrected chi connectivity index (χ1v) is 12.2. The summed E-state index contributed by atoms with van der Waals surface area (Å²) in [5.41, 5.74) is 0.640. The molecule has 2 aliphatic rings. The number of carbonyl (C=O) groups is 1. The van der Waals surface area contributed by atoms with Gasteiger partial charge in [0.15, 0.2) is 29.1 Å². The zero-order valence-electron chi connectivity index (χ0n) is 21.9. The molecule has 3 atom stereocenters. The third-order valence-electron chi connectivity index (χ3n) is 7.40. The highest BCUT2D eigenvalue weighted by Crippen LogP contribution is 2.58. The Morgan fingerprint density at radius 1 is 1.00 bits per heavy atom. The Hall–Kier alpha value is -4.11. The van der Waals surface area contributed by atoms with E-state index in [4.69, 9.17) is 28.4 Å². The van der Waals surface area contributed by atoms with Gasteiger partial charge in [-0.2, -0.15) is 0 Å². The van der Waals surface area contributed by atoms with Gasteiger partial charge in [0.2, 0.25) is 18.3 Å². The maximum atomic E-state index is 13.3. The molecule has 38 heavy (non-hydrogen) atoms. The zero-order chi connectivity index (χ0) is 27.2. The minimum atomic E-state index is -1.55. The number of ether oxygens (including phenoxy) is 6. The molecule has 0 amide bonds. The monoisotopic (exact) mass is 522 g/mol. The molecule has 1 aliphatic carbocycles. The molecule has 0 bridgehead atoms. The molecule has 9 nitrogen and oxygen atoms in total. The van der Waals surface area contributed by atoms with Gasteiger partial charge < -0.3 is 38.6 Å². The van der Waals surface area contributed by atoms with Gasteiger partial charge in [0.1, 0.15) is 5.60 Å². The van der Waals surface area contributed by atoms with Crippen LogP contribution in [0.2, 0.25) is 0 Å². The molecule has 3 aromatic rings. The van der Waals surface area contributed by atoms with Crippen molar-refractivity contribution >= 4 is 5.97 Å². The van der Waals surface area contributed by atoms with E-state index in [9.17, 15) is 15.0 Å².